The summed E-state index contributed by atoms with van der Waals surface area (Å²) in [5.41, 5.74) is 5.04. The van der Waals surface area contributed by atoms with Crippen molar-refractivity contribution in [3.05, 3.63) is 102 Å². The van der Waals surface area contributed by atoms with Gasteiger partial charge in [-0.05, 0) is 42.0 Å². The fourth-order valence-corrected chi connectivity index (χ4v) is 4.41. The first kappa shape index (κ1) is 23.8. The average Bonchev–Trinajstić information content (AvgIpc) is 2.96. The minimum atomic E-state index is 0.263. The van der Waals surface area contributed by atoms with Gasteiger partial charge in [-0.3, -0.25) is 4.98 Å². The Balaban J connectivity index is 1.39. The van der Waals surface area contributed by atoms with Crippen molar-refractivity contribution >= 4 is 5.69 Å². The van der Waals surface area contributed by atoms with Crippen molar-refractivity contribution in [1.29, 1.82) is 0 Å². The second-order valence-corrected chi connectivity index (χ2v) is 9.10. The van der Waals surface area contributed by atoms with Gasteiger partial charge in [0.1, 0.15) is 13.2 Å². The molecule has 3 heterocycles. The van der Waals surface area contributed by atoms with E-state index in [0.29, 0.717) is 30.9 Å². The highest BCUT2D eigenvalue weighted by Gasteiger charge is 2.20. The van der Waals surface area contributed by atoms with E-state index in [-0.39, 0.29) is 6.61 Å². The lowest BCUT2D eigenvalue weighted by Gasteiger charge is -2.32. The summed E-state index contributed by atoms with van der Waals surface area (Å²) in [5, 5.41) is 9.47. The summed E-state index contributed by atoms with van der Waals surface area (Å²) >= 11 is 0. The Morgan fingerprint density at radius 3 is 2.14 bits per heavy atom. The van der Waals surface area contributed by atoms with Crippen LogP contribution in [0.5, 0.6) is 11.8 Å². The van der Waals surface area contributed by atoms with Crippen molar-refractivity contribution in [2.75, 3.05) is 24.6 Å². The molecule has 0 unspecified atom stereocenters. The Morgan fingerprint density at radius 2 is 1.47 bits per heavy atom. The summed E-state index contributed by atoms with van der Waals surface area (Å²) in [4.78, 5) is 11.6. The van der Waals surface area contributed by atoms with Crippen LogP contribution < -0.4 is 14.4 Å². The summed E-state index contributed by atoms with van der Waals surface area (Å²) in [5.74, 6) is 1.42. The number of ether oxygens (including phenoxy) is 2. The van der Waals surface area contributed by atoms with Crippen molar-refractivity contribution < 1.29 is 14.6 Å². The molecule has 1 N–H and O–H groups in total. The molecule has 36 heavy (non-hydrogen) atoms. The minimum absolute atomic E-state index is 0.263. The predicted octanol–water partition coefficient (Wildman–Crippen LogP) is 5.51. The van der Waals surface area contributed by atoms with Crippen LogP contribution in [0.1, 0.15) is 24.0 Å². The molecule has 2 aromatic heterocycles. The zero-order chi connectivity index (χ0) is 24.6. The number of anilines is 1. The number of rotatable bonds is 9. The molecule has 0 bridgehead atoms. The van der Waals surface area contributed by atoms with Crippen LogP contribution in [-0.4, -0.2) is 34.8 Å². The molecule has 0 spiro atoms. The van der Waals surface area contributed by atoms with E-state index in [1.165, 1.54) is 0 Å². The molecule has 1 aliphatic rings. The second-order valence-electron chi connectivity index (χ2n) is 9.10. The van der Waals surface area contributed by atoms with Gasteiger partial charge in [-0.15, -0.1) is 0 Å². The van der Waals surface area contributed by atoms with Gasteiger partial charge >= 0.3 is 0 Å². The highest BCUT2D eigenvalue weighted by molar-refractivity contribution is 5.71. The summed E-state index contributed by atoms with van der Waals surface area (Å²) in [6, 6.07) is 26.1. The van der Waals surface area contributed by atoms with E-state index >= 15 is 0 Å². The number of nitrogens with zero attached hydrogens (tertiary/aromatic N) is 3. The fourth-order valence-electron chi connectivity index (χ4n) is 4.41. The molecule has 2 aromatic carbocycles. The molecule has 4 aromatic rings. The predicted molar refractivity (Wildman–Crippen MR) is 141 cm³/mol. The maximum atomic E-state index is 9.47. The third-order valence-electron chi connectivity index (χ3n) is 6.56. The lowest BCUT2D eigenvalue weighted by atomic mass is 9.97. The number of aromatic nitrogens is 2. The van der Waals surface area contributed by atoms with E-state index in [2.05, 4.69) is 16.0 Å². The number of aliphatic hydroxyl groups is 1. The fraction of sp³-hybridized carbons (Fsp3) is 0.267. The standard InChI is InChI=1S/C30H31N3O3/c34-20-23-13-15-33(16-14-23)27-17-26(18-31-19-27)28-11-12-29(35-21-24-7-3-1-4-8-24)32-30(28)36-22-25-9-5-2-6-10-25/h1-12,17-19,23,34H,13-16,20-22H2. The Bertz CT molecular complexity index is 1240. The Labute approximate surface area is 212 Å². The molecule has 0 amide bonds. The van der Waals surface area contributed by atoms with Crippen molar-refractivity contribution in [3.63, 3.8) is 0 Å². The van der Waals surface area contributed by atoms with Crippen molar-refractivity contribution in [2.24, 2.45) is 5.92 Å². The number of pyridine rings is 2. The molecule has 184 valence electrons. The molecular formula is C30H31N3O3. The topological polar surface area (TPSA) is 67.7 Å². The number of piperidine rings is 1. The van der Waals surface area contributed by atoms with Gasteiger partial charge in [0.05, 0.1) is 11.9 Å². The molecule has 5 rings (SSSR count). The van der Waals surface area contributed by atoms with Crippen LogP contribution in [0.25, 0.3) is 11.1 Å². The van der Waals surface area contributed by atoms with Crippen LogP contribution in [0.3, 0.4) is 0 Å². The summed E-state index contributed by atoms with van der Waals surface area (Å²) in [7, 11) is 0. The first-order chi connectivity index (χ1) is 17.8. The van der Waals surface area contributed by atoms with Crippen LogP contribution in [0.4, 0.5) is 5.69 Å². The molecule has 0 atom stereocenters. The van der Waals surface area contributed by atoms with E-state index in [9.17, 15) is 5.11 Å². The van der Waals surface area contributed by atoms with Crippen molar-refractivity contribution in [3.8, 4) is 22.9 Å². The van der Waals surface area contributed by atoms with Crippen LogP contribution in [0.2, 0.25) is 0 Å². The van der Waals surface area contributed by atoms with Crippen molar-refractivity contribution in [2.45, 2.75) is 26.1 Å². The van der Waals surface area contributed by atoms with Gasteiger partial charge in [-0.2, -0.15) is 4.98 Å². The van der Waals surface area contributed by atoms with E-state index in [0.717, 1.165) is 53.9 Å². The van der Waals surface area contributed by atoms with E-state index in [4.69, 9.17) is 14.5 Å². The Hall–Kier alpha value is -3.90. The summed E-state index contributed by atoms with van der Waals surface area (Å²) in [6.07, 6.45) is 5.72. The largest absolute Gasteiger partial charge is 0.473 e. The van der Waals surface area contributed by atoms with Gasteiger partial charge in [-0.25, -0.2) is 0 Å². The maximum Gasteiger partial charge on any atom is 0.225 e. The molecule has 6 heteroatoms. The number of aliphatic hydroxyl groups excluding tert-OH is 1. The molecule has 6 nitrogen and oxygen atoms in total. The van der Waals surface area contributed by atoms with Gasteiger partial charge in [0.15, 0.2) is 0 Å². The Morgan fingerprint density at radius 1 is 0.806 bits per heavy atom. The maximum absolute atomic E-state index is 9.47. The molecule has 0 saturated carbocycles. The van der Waals surface area contributed by atoms with Gasteiger partial charge in [0.2, 0.25) is 11.8 Å². The zero-order valence-electron chi connectivity index (χ0n) is 20.3. The molecule has 0 aliphatic carbocycles. The zero-order valence-corrected chi connectivity index (χ0v) is 20.3. The normalized spacial score (nSPS) is 14.0. The SMILES string of the molecule is OCC1CCN(c2cncc(-c3ccc(OCc4ccccc4)nc3OCc3ccccc3)c2)CC1. The summed E-state index contributed by atoms with van der Waals surface area (Å²) in [6.45, 7) is 2.94. The lowest BCUT2D eigenvalue weighted by Crippen LogP contribution is -2.34. The van der Waals surface area contributed by atoms with Crippen LogP contribution in [0.15, 0.2) is 91.3 Å². The molecule has 1 saturated heterocycles. The van der Waals surface area contributed by atoms with Gasteiger partial charge in [0, 0.05) is 43.1 Å². The van der Waals surface area contributed by atoms with E-state index < -0.39 is 0 Å². The van der Waals surface area contributed by atoms with E-state index in [1.807, 2.05) is 85.2 Å². The highest BCUT2D eigenvalue weighted by atomic mass is 16.5. The molecule has 1 aliphatic heterocycles. The second kappa shape index (κ2) is 11.7. The number of hydrogen-bond donors (Lipinski definition) is 1. The monoisotopic (exact) mass is 481 g/mol. The molecule has 1 fully saturated rings. The Kier molecular flexibility index (Phi) is 7.73. The van der Waals surface area contributed by atoms with Crippen LogP contribution >= 0.6 is 0 Å². The quantitative estimate of drug-likeness (QED) is 0.340. The summed E-state index contributed by atoms with van der Waals surface area (Å²) < 4.78 is 12.2. The first-order valence-electron chi connectivity index (χ1n) is 12.4. The number of benzene rings is 2. The third kappa shape index (κ3) is 6.01. The lowest BCUT2D eigenvalue weighted by molar-refractivity contribution is 0.203. The van der Waals surface area contributed by atoms with Crippen LogP contribution in [-0.2, 0) is 13.2 Å². The highest BCUT2D eigenvalue weighted by Crippen LogP contribution is 2.33. The number of hydrogen-bond acceptors (Lipinski definition) is 6. The molecular weight excluding hydrogens is 450 g/mol. The third-order valence-corrected chi connectivity index (χ3v) is 6.56. The first-order valence-corrected chi connectivity index (χ1v) is 12.4. The van der Waals surface area contributed by atoms with Crippen LogP contribution in [0, 0.1) is 5.92 Å². The van der Waals surface area contributed by atoms with Gasteiger partial charge in [0.25, 0.3) is 0 Å². The van der Waals surface area contributed by atoms with Gasteiger partial charge < -0.3 is 19.5 Å². The van der Waals surface area contributed by atoms with E-state index in [1.54, 1.807) is 0 Å². The smallest absolute Gasteiger partial charge is 0.225 e. The average molecular weight is 482 g/mol. The van der Waals surface area contributed by atoms with Crippen molar-refractivity contribution in [1.82, 2.24) is 9.97 Å². The minimum Gasteiger partial charge on any atom is -0.473 e. The molecule has 0 radical (unpaired) electrons. The van der Waals surface area contributed by atoms with Gasteiger partial charge in [-0.1, -0.05) is 60.7 Å².